The SMILES string of the molecule is CC(C)Oc1cc(NCCCN2CCOCC2)ncn1. The smallest absolute Gasteiger partial charge is 0.218 e. The molecule has 1 aliphatic rings. The van der Waals surface area contributed by atoms with Gasteiger partial charge >= 0.3 is 0 Å². The number of morpholine rings is 1. The third-order valence-electron chi connectivity index (χ3n) is 3.06. The molecular formula is C14H24N4O2. The molecule has 0 aromatic carbocycles. The minimum Gasteiger partial charge on any atom is -0.475 e. The van der Waals surface area contributed by atoms with Crippen molar-refractivity contribution in [2.24, 2.45) is 0 Å². The molecule has 1 aliphatic heterocycles. The number of rotatable bonds is 7. The Morgan fingerprint density at radius 2 is 2.15 bits per heavy atom. The van der Waals surface area contributed by atoms with Gasteiger partial charge in [0.25, 0.3) is 0 Å². The van der Waals surface area contributed by atoms with Crippen LogP contribution in [0, 0.1) is 0 Å². The molecule has 1 aromatic heterocycles. The zero-order valence-corrected chi connectivity index (χ0v) is 12.3. The summed E-state index contributed by atoms with van der Waals surface area (Å²) in [4.78, 5) is 10.7. The molecule has 1 saturated heterocycles. The van der Waals surface area contributed by atoms with Gasteiger partial charge in [0.1, 0.15) is 12.1 Å². The highest BCUT2D eigenvalue weighted by Crippen LogP contribution is 2.12. The average Bonchev–Trinajstić information content (AvgIpc) is 2.44. The van der Waals surface area contributed by atoms with Crippen molar-refractivity contribution < 1.29 is 9.47 Å². The molecule has 1 fully saturated rings. The van der Waals surface area contributed by atoms with Crippen molar-refractivity contribution in [1.82, 2.24) is 14.9 Å². The summed E-state index contributed by atoms with van der Waals surface area (Å²) < 4.78 is 10.9. The quantitative estimate of drug-likeness (QED) is 0.762. The molecule has 112 valence electrons. The minimum atomic E-state index is 0.124. The first-order valence-electron chi connectivity index (χ1n) is 7.27. The molecule has 2 heterocycles. The topological polar surface area (TPSA) is 59.5 Å². The van der Waals surface area contributed by atoms with Crippen LogP contribution in [0.15, 0.2) is 12.4 Å². The lowest BCUT2D eigenvalue weighted by atomic mass is 10.3. The zero-order valence-electron chi connectivity index (χ0n) is 12.3. The molecule has 0 atom stereocenters. The van der Waals surface area contributed by atoms with Crippen LogP contribution in [0.3, 0.4) is 0 Å². The van der Waals surface area contributed by atoms with Crippen LogP contribution < -0.4 is 10.1 Å². The lowest BCUT2D eigenvalue weighted by Crippen LogP contribution is -2.37. The molecule has 0 saturated carbocycles. The number of hydrogen-bond donors (Lipinski definition) is 1. The Morgan fingerprint density at radius 1 is 1.35 bits per heavy atom. The average molecular weight is 280 g/mol. The van der Waals surface area contributed by atoms with E-state index in [1.165, 1.54) is 6.33 Å². The van der Waals surface area contributed by atoms with Crippen LogP contribution in [0.5, 0.6) is 5.88 Å². The lowest BCUT2D eigenvalue weighted by Gasteiger charge is -2.26. The maximum absolute atomic E-state index is 5.54. The first-order chi connectivity index (χ1) is 9.74. The van der Waals surface area contributed by atoms with Gasteiger partial charge in [-0.15, -0.1) is 0 Å². The third kappa shape index (κ3) is 5.30. The summed E-state index contributed by atoms with van der Waals surface area (Å²) in [6.45, 7) is 9.76. The Labute approximate surface area is 120 Å². The van der Waals surface area contributed by atoms with Crippen LogP contribution in [0.25, 0.3) is 0 Å². The fourth-order valence-electron chi connectivity index (χ4n) is 2.09. The fraction of sp³-hybridized carbons (Fsp3) is 0.714. The predicted molar refractivity (Wildman–Crippen MR) is 78.2 cm³/mol. The molecule has 2 rings (SSSR count). The first kappa shape index (κ1) is 15.0. The van der Waals surface area contributed by atoms with Gasteiger partial charge in [-0.25, -0.2) is 9.97 Å². The number of ether oxygens (including phenoxy) is 2. The highest BCUT2D eigenvalue weighted by atomic mass is 16.5. The number of nitrogens with zero attached hydrogens (tertiary/aromatic N) is 3. The van der Waals surface area contributed by atoms with Gasteiger partial charge in [-0.05, 0) is 26.8 Å². The molecule has 0 aliphatic carbocycles. The van der Waals surface area contributed by atoms with Gasteiger partial charge in [0.15, 0.2) is 0 Å². The summed E-state index contributed by atoms with van der Waals surface area (Å²) in [5.41, 5.74) is 0. The third-order valence-corrected chi connectivity index (χ3v) is 3.06. The first-order valence-corrected chi connectivity index (χ1v) is 7.27. The van der Waals surface area contributed by atoms with E-state index in [2.05, 4.69) is 20.2 Å². The molecule has 1 N–H and O–H groups in total. The second-order valence-electron chi connectivity index (χ2n) is 5.14. The molecule has 0 spiro atoms. The Bertz CT molecular complexity index is 395. The van der Waals surface area contributed by atoms with Crippen molar-refractivity contribution >= 4 is 5.82 Å². The van der Waals surface area contributed by atoms with Gasteiger partial charge in [-0.2, -0.15) is 0 Å². The van der Waals surface area contributed by atoms with E-state index in [4.69, 9.17) is 9.47 Å². The molecule has 0 radical (unpaired) electrons. The van der Waals surface area contributed by atoms with Crippen LogP contribution in [0.4, 0.5) is 5.82 Å². The Balaban J connectivity index is 1.68. The molecule has 0 unspecified atom stereocenters. The number of aromatic nitrogens is 2. The molecule has 1 aromatic rings. The van der Waals surface area contributed by atoms with Crippen molar-refractivity contribution in [3.63, 3.8) is 0 Å². The van der Waals surface area contributed by atoms with Crippen molar-refractivity contribution in [3.8, 4) is 5.88 Å². The number of hydrogen-bond acceptors (Lipinski definition) is 6. The van der Waals surface area contributed by atoms with E-state index in [9.17, 15) is 0 Å². The van der Waals surface area contributed by atoms with E-state index < -0.39 is 0 Å². The second kappa shape index (κ2) is 8.01. The Morgan fingerprint density at radius 3 is 2.90 bits per heavy atom. The van der Waals surface area contributed by atoms with E-state index >= 15 is 0 Å². The summed E-state index contributed by atoms with van der Waals surface area (Å²) in [7, 11) is 0. The van der Waals surface area contributed by atoms with Crippen molar-refractivity contribution in [2.45, 2.75) is 26.4 Å². The number of anilines is 1. The lowest BCUT2D eigenvalue weighted by molar-refractivity contribution is 0.0378. The highest BCUT2D eigenvalue weighted by Gasteiger charge is 2.09. The van der Waals surface area contributed by atoms with E-state index in [1.807, 2.05) is 19.9 Å². The van der Waals surface area contributed by atoms with E-state index in [0.717, 1.165) is 51.6 Å². The van der Waals surface area contributed by atoms with Gasteiger partial charge in [-0.1, -0.05) is 0 Å². The normalized spacial score (nSPS) is 16.4. The number of nitrogens with one attached hydrogen (secondary N) is 1. The van der Waals surface area contributed by atoms with Crippen LogP contribution in [-0.4, -0.2) is 60.4 Å². The monoisotopic (exact) mass is 280 g/mol. The molecule has 6 heteroatoms. The van der Waals surface area contributed by atoms with Crippen molar-refractivity contribution in [3.05, 3.63) is 12.4 Å². The maximum atomic E-state index is 5.54. The van der Waals surface area contributed by atoms with Gasteiger partial charge in [-0.3, -0.25) is 4.90 Å². The second-order valence-corrected chi connectivity index (χ2v) is 5.14. The largest absolute Gasteiger partial charge is 0.475 e. The van der Waals surface area contributed by atoms with Gasteiger partial charge < -0.3 is 14.8 Å². The fourth-order valence-corrected chi connectivity index (χ4v) is 2.09. The van der Waals surface area contributed by atoms with Gasteiger partial charge in [0.2, 0.25) is 5.88 Å². The predicted octanol–water partition coefficient (Wildman–Crippen LogP) is 1.40. The van der Waals surface area contributed by atoms with E-state index in [1.54, 1.807) is 0 Å². The van der Waals surface area contributed by atoms with Crippen molar-refractivity contribution in [2.75, 3.05) is 44.7 Å². The summed E-state index contributed by atoms with van der Waals surface area (Å²) >= 11 is 0. The molecule has 20 heavy (non-hydrogen) atoms. The molecule has 6 nitrogen and oxygen atoms in total. The Kier molecular flexibility index (Phi) is 6.01. The summed E-state index contributed by atoms with van der Waals surface area (Å²) in [5.74, 6) is 1.43. The van der Waals surface area contributed by atoms with Gasteiger partial charge in [0, 0.05) is 25.7 Å². The summed E-state index contributed by atoms with van der Waals surface area (Å²) in [6, 6.07) is 1.84. The van der Waals surface area contributed by atoms with Crippen LogP contribution in [-0.2, 0) is 4.74 Å². The van der Waals surface area contributed by atoms with Crippen molar-refractivity contribution in [1.29, 1.82) is 0 Å². The zero-order chi connectivity index (χ0) is 14.2. The van der Waals surface area contributed by atoms with E-state index in [0.29, 0.717) is 5.88 Å². The molecule has 0 amide bonds. The Hall–Kier alpha value is -1.40. The van der Waals surface area contributed by atoms with Crippen LogP contribution in [0.1, 0.15) is 20.3 Å². The molecule has 0 bridgehead atoms. The van der Waals surface area contributed by atoms with Gasteiger partial charge in [0.05, 0.1) is 19.3 Å². The standard InChI is InChI=1S/C14H24N4O2/c1-12(2)20-14-10-13(16-11-17-14)15-4-3-5-18-6-8-19-9-7-18/h10-12H,3-9H2,1-2H3,(H,15,16,17). The van der Waals surface area contributed by atoms with E-state index in [-0.39, 0.29) is 6.10 Å². The summed E-state index contributed by atoms with van der Waals surface area (Å²) in [6.07, 6.45) is 2.74. The minimum absolute atomic E-state index is 0.124. The van der Waals surface area contributed by atoms with Crippen LogP contribution >= 0.6 is 0 Å². The van der Waals surface area contributed by atoms with Crippen LogP contribution in [0.2, 0.25) is 0 Å². The molecular weight excluding hydrogens is 256 g/mol. The highest BCUT2D eigenvalue weighted by molar-refractivity contribution is 5.36. The summed E-state index contributed by atoms with van der Waals surface area (Å²) in [5, 5.41) is 3.31. The maximum Gasteiger partial charge on any atom is 0.218 e.